The number of amides is 1. The molecule has 84 valence electrons. The van der Waals surface area contributed by atoms with Crippen molar-refractivity contribution < 1.29 is 19.4 Å². The Morgan fingerprint density at radius 3 is 2.60 bits per heavy atom. The summed E-state index contributed by atoms with van der Waals surface area (Å²) in [4.78, 5) is 22.2. The predicted molar refractivity (Wildman–Crippen MR) is 51.2 cm³/mol. The van der Waals surface area contributed by atoms with Gasteiger partial charge in [-0.1, -0.05) is 0 Å². The Morgan fingerprint density at radius 1 is 1.40 bits per heavy atom. The van der Waals surface area contributed by atoms with E-state index in [-0.39, 0.29) is 24.0 Å². The first kappa shape index (κ1) is 10.4. The van der Waals surface area contributed by atoms with Gasteiger partial charge in [0.15, 0.2) is 0 Å². The lowest BCUT2D eigenvalue weighted by molar-refractivity contribution is -0.140. The van der Waals surface area contributed by atoms with Gasteiger partial charge in [0.2, 0.25) is 5.91 Å². The van der Waals surface area contributed by atoms with E-state index in [1.165, 1.54) is 0 Å². The normalized spacial score (nSPS) is 38.7. The summed E-state index contributed by atoms with van der Waals surface area (Å²) in [6.07, 6.45) is 1.33. The third kappa shape index (κ3) is 2.12. The molecule has 2 fully saturated rings. The van der Waals surface area contributed by atoms with Gasteiger partial charge in [0.25, 0.3) is 0 Å². The molecule has 2 N–H and O–H groups in total. The number of rotatable bonds is 3. The van der Waals surface area contributed by atoms with E-state index in [2.05, 4.69) is 5.32 Å². The van der Waals surface area contributed by atoms with Crippen LogP contribution in [-0.2, 0) is 14.3 Å². The summed E-state index contributed by atoms with van der Waals surface area (Å²) in [6, 6.07) is 0.0487. The average Bonchev–Trinajstić information content (AvgIpc) is 2.88. The van der Waals surface area contributed by atoms with E-state index in [0.717, 1.165) is 6.42 Å². The van der Waals surface area contributed by atoms with Crippen LogP contribution in [0.4, 0.5) is 0 Å². The molecular formula is C10H15NO4. The first-order valence-corrected chi connectivity index (χ1v) is 5.24. The fourth-order valence-corrected chi connectivity index (χ4v) is 1.97. The lowest BCUT2D eigenvalue weighted by Crippen LogP contribution is -2.40. The van der Waals surface area contributed by atoms with E-state index >= 15 is 0 Å². The summed E-state index contributed by atoms with van der Waals surface area (Å²) in [5, 5.41) is 11.5. The zero-order valence-electron chi connectivity index (χ0n) is 8.60. The Morgan fingerprint density at radius 2 is 2.13 bits per heavy atom. The maximum atomic E-state index is 11.6. The van der Waals surface area contributed by atoms with Gasteiger partial charge in [0.1, 0.15) is 0 Å². The van der Waals surface area contributed by atoms with E-state index < -0.39 is 11.9 Å². The lowest BCUT2D eigenvalue weighted by Gasteiger charge is -2.15. The minimum Gasteiger partial charge on any atom is -0.481 e. The van der Waals surface area contributed by atoms with Crippen molar-refractivity contribution >= 4 is 11.9 Å². The number of carboxylic acid groups (broad SMARTS) is 1. The van der Waals surface area contributed by atoms with Crippen molar-refractivity contribution in [2.24, 2.45) is 11.8 Å². The second-order valence-corrected chi connectivity index (χ2v) is 4.27. The molecular weight excluding hydrogens is 198 g/mol. The van der Waals surface area contributed by atoms with Crippen LogP contribution in [0.25, 0.3) is 0 Å². The molecule has 0 aromatic carbocycles. The van der Waals surface area contributed by atoms with Gasteiger partial charge in [-0.05, 0) is 19.8 Å². The Balaban J connectivity index is 1.81. The number of ether oxygens (including phenoxy) is 1. The van der Waals surface area contributed by atoms with Gasteiger partial charge in [-0.25, -0.2) is 0 Å². The topological polar surface area (TPSA) is 75.6 Å². The van der Waals surface area contributed by atoms with Gasteiger partial charge in [0, 0.05) is 6.61 Å². The summed E-state index contributed by atoms with van der Waals surface area (Å²) in [5.74, 6) is -1.80. The molecule has 2 aliphatic rings. The van der Waals surface area contributed by atoms with Gasteiger partial charge < -0.3 is 15.2 Å². The summed E-state index contributed by atoms with van der Waals surface area (Å²) in [6.45, 7) is 2.58. The van der Waals surface area contributed by atoms with Crippen molar-refractivity contribution in [2.75, 3.05) is 6.61 Å². The van der Waals surface area contributed by atoms with Crippen molar-refractivity contribution in [2.45, 2.75) is 31.9 Å². The zero-order valence-corrected chi connectivity index (χ0v) is 8.60. The predicted octanol–water partition coefficient (Wildman–Crippen LogP) is 0.000700. The Kier molecular flexibility index (Phi) is 2.65. The average molecular weight is 213 g/mol. The number of hydrogen-bond acceptors (Lipinski definition) is 3. The van der Waals surface area contributed by atoms with Crippen LogP contribution >= 0.6 is 0 Å². The minimum atomic E-state index is -0.870. The summed E-state index contributed by atoms with van der Waals surface area (Å²) in [7, 11) is 0. The van der Waals surface area contributed by atoms with Gasteiger partial charge in [-0.15, -0.1) is 0 Å². The number of carbonyl (C=O) groups excluding carboxylic acids is 1. The van der Waals surface area contributed by atoms with Crippen molar-refractivity contribution in [3.8, 4) is 0 Å². The SMILES string of the molecule is CC1OCCC1NC(=O)C1CC1C(=O)O. The van der Waals surface area contributed by atoms with Gasteiger partial charge >= 0.3 is 5.97 Å². The molecule has 0 aromatic rings. The Hall–Kier alpha value is -1.10. The highest BCUT2D eigenvalue weighted by molar-refractivity contribution is 5.89. The van der Waals surface area contributed by atoms with Crippen LogP contribution in [-0.4, -0.2) is 35.7 Å². The third-order valence-corrected chi connectivity index (χ3v) is 3.15. The molecule has 1 amide bonds. The molecule has 0 radical (unpaired) electrons. The van der Waals surface area contributed by atoms with Crippen molar-refractivity contribution in [1.29, 1.82) is 0 Å². The van der Waals surface area contributed by atoms with Crippen molar-refractivity contribution in [3.05, 3.63) is 0 Å². The van der Waals surface area contributed by atoms with E-state index in [0.29, 0.717) is 13.0 Å². The molecule has 1 aliphatic carbocycles. The lowest BCUT2D eigenvalue weighted by atomic mass is 10.1. The van der Waals surface area contributed by atoms with Crippen LogP contribution < -0.4 is 5.32 Å². The molecule has 0 aromatic heterocycles. The summed E-state index contributed by atoms with van der Waals surface area (Å²) < 4.78 is 5.31. The van der Waals surface area contributed by atoms with E-state index in [1.54, 1.807) is 0 Å². The molecule has 1 saturated heterocycles. The zero-order chi connectivity index (χ0) is 11.0. The molecule has 1 saturated carbocycles. The van der Waals surface area contributed by atoms with Crippen LogP contribution in [0.2, 0.25) is 0 Å². The van der Waals surface area contributed by atoms with Gasteiger partial charge in [-0.3, -0.25) is 9.59 Å². The molecule has 1 heterocycles. The molecule has 2 rings (SSSR count). The summed E-state index contributed by atoms with van der Waals surface area (Å²) >= 11 is 0. The molecule has 4 atom stereocenters. The van der Waals surface area contributed by atoms with Crippen molar-refractivity contribution in [1.82, 2.24) is 5.32 Å². The van der Waals surface area contributed by atoms with Crippen molar-refractivity contribution in [3.63, 3.8) is 0 Å². The quantitative estimate of drug-likeness (QED) is 0.692. The van der Waals surface area contributed by atoms with E-state index in [9.17, 15) is 9.59 Å². The number of hydrogen-bond donors (Lipinski definition) is 2. The van der Waals surface area contributed by atoms with Crippen LogP contribution in [0.15, 0.2) is 0 Å². The molecule has 15 heavy (non-hydrogen) atoms. The largest absolute Gasteiger partial charge is 0.481 e. The third-order valence-electron chi connectivity index (χ3n) is 3.15. The number of carboxylic acids is 1. The van der Waals surface area contributed by atoms with Crippen LogP contribution in [0.3, 0.4) is 0 Å². The maximum absolute atomic E-state index is 11.6. The maximum Gasteiger partial charge on any atom is 0.307 e. The Labute approximate surface area is 87.8 Å². The second kappa shape index (κ2) is 3.81. The molecule has 5 heteroatoms. The van der Waals surface area contributed by atoms with Gasteiger partial charge in [0.05, 0.1) is 24.0 Å². The smallest absolute Gasteiger partial charge is 0.307 e. The van der Waals surface area contributed by atoms with Crippen LogP contribution in [0, 0.1) is 11.8 Å². The van der Waals surface area contributed by atoms with Crippen LogP contribution in [0.1, 0.15) is 19.8 Å². The fourth-order valence-electron chi connectivity index (χ4n) is 1.97. The molecule has 5 nitrogen and oxygen atoms in total. The second-order valence-electron chi connectivity index (χ2n) is 4.27. The fraction of sp³-hybridized carbons (Fsp3) is 0.800. The number of carbonyl (C=O) groups is 2. The summed E-state index contributed by atoms with van der Waals surface area (Å²) in [5.41, 5.74) is 0. The molecule has 0 bridgehead atoms. The molecule has 4 unspecified atom stereocenters. The highest BCUT2D eigenvalue weighted by Gasteiger charge is 2.49. The highest BCUT2D eigenvalue weighted by Crippen LogP contribution is 2.38. The first-order valence-electron chi connectivity index (χ1n) is 5.24. The van der Waals surface area contributed by atoms with E-state index in [4.69, 9.17) is 9.84 Å². The molecule has 0 spiro atoms. The van der Waals surface area contributed by atoms with Gasteiger partial charge in [-0.2, -0.15) is 0 Å². The van der Waals surface area contributed by atoms with Crippen LogP contribution in [0.5, 0.6) is 0 Å². The van der Waals surface area contributed by atoms with E-state index in [1.807, 2.05) is 6.92 Å². The first-order chi connectivity index (χ1) is 7.09. The minimum absolute atomic E-state index is 0.0379. The standard InChI is InChI=1S/C10H15NO4/c1-5-8(2-3-15-5)11-9(12)6-4-7(6)10(13)14/h5-8H,2-4H2,1H3,(H,11,12)(H,13,14). The number of aliphatic carboxylic acids is 1. The number of nitrogens with one attached hydrogen (secondary N) is 1. The molecule has 1 aliphatic heterocycles. The monoisotopic (exact) mass is 213 g/mol. The highest BCUT2D eigenvalue weighted by atomic mass is 16.5. The Bertz CT molecular complexity index is 291.